The Morgan fingerprint density at radius 2 is 1.65 bits per heavy atom. The molecular formula is C15H18N4O. The third-order valence-corrected chi connectivity index (χ3v) is 2.87. The molecule has 20 heavy (non-hydrogen) atoms. The third-order valence-electron chi connectivity index (χ3n) is 2.87. The summed E-state index contributed by atoms with van der Waals surface area (Å²) < 4.78 is 0. The molecule has 0 aliphatic rings. The lowest BCUT2D eigenvalue weighted by Crippen LogP contribution is -2.17. The maximum absolute atomic E-state index is 12.3. The minimum Gasteiger partial charge on any atom is -0.399 e. The molecule has 0 saturated heterocycles. The Labute approximate surface area is 118 Å². The van der Waals surface area contributed by atoms with Crippen molar-refractivity contribution in [2.45, 2.75) is 0 Å². The highest BCUT2D eigenvalue weighted by molar-refractivity contribution is 6.06. The molecule has 0 spiro atoms. The van der Waals surface area contributed by atoms with Crippen molar-refractivity contribution in [1.82, 2.24) is 0 Å². The SMILES string of the molecule is CN(C)c1ccccc1NC(=O)c1cc(N)cc(N)c1. The molecule has 0 atom stereocenters. The molecule has 0 saturated carbocycles. The molecular weight excluding hydrogens is 252 g/mol. The number of hydrogen-bond acceptors (Lipinski definition) is 4. The maximum Gasteiger partial charge on any atom is 0.255 e. The Balaban J connectivity index is 2.28. The topological polar surface area (TPSA) is 84.4 Å². The summed E-state index contributed by atoms with van der Waals surface area (Å²) in [6, 6.07) is 12.4. The second-order valence-electron chi connectivity index (χ2n) is 4.75. The number of anilines is 4. The van der Waals surface area contributed by atoms with Crippen LogP contribution < -0.4 is 21.7 Å². The van der Waals surface area contributed by atoms with Crippen LogP contribution in [0.1, 0.15) is 10.4 Å². The van der Waals surface area contributed by atoms with Gasteiger partial charge in [-0.2, -0.15) is 0 Å². The summed E-state index contributed by atoms with van der Waals surface area (Å²) >= 11 is 0. The van der Waals surface area contributed by atoms with Gasteiger partial charge < -0.3 is 21.7 Å². The Hall–Kier alpha value is -2.69. The minimum atomic E-state index is -0.238. The summed E-state index contributed by atoms with van der Waals surface area (Å²) in [6.07, 6.45) is 0. The van der Waals surface area contributed by atoms with Crippen molar-refractivity contribution < 1.29 is 4.79 Å². The van der Waals surface area contributed by atoms with E-state index in [1.54, 1.807) is 18.2 Å². The Kier molecular flexibility index (Phi) is 3.79. The van der Waals surface area contributed by atoms with E-state index in [0.717, 1.165) is 11.4 Å². The van der Waals surface area contributed by atoms with E-state index in [9.17, 15) is 4.79 Å². The van der Waals surface area contributed by atoms with Gasteiger partial charge in [-0.1, -0.05) is 12.1 Å². The average Bonchev–Trinajstić information content (AvgIpc) is 2.37. The van der Waals surface area contributed by atoms with E-state index < -0.39 is 0 Å². The van der Waals surface area contributed by atoms with Crippen LogP contribution in [0.2, 0.25) is 0 Å². The summed E-state index contributed by atoms with van der Waals surface area (Å²) in [5.74, 6) is -0.238. The molecule has 0 aromatic heterocycles. The molecule has 2 aromatic rings. The predicted octanol–water partition coefficient (Wildman–Crippen LogP) is 2.17. The van der Waals surface area contributed by atoms with Gasteiger partial charge in [0.1, 0.15) is 0 Å². The molecule has 0 aliphatic heterocycles. The molecule has 5 nitrogen and oxygen atoms in total. The van der Waals surface area contributed by atoms with Crippen LogP contribution in [0.15, 0.2) is 42.5 Å². The molecule has 0 radical (unpaired) electrons. The quantitative estimate of drug-likeness (QED) is 0.746. The summed E-state index contributed by atoms with van der Waals surface area (Å²) in [5, 5.41) is 2.87. The van der Waals surface area contributed by atoms with Gasteiger partial charge in [-0.25, -0.2) is 0 Å². The fraction of sp³-hybridized carbons (Fsp3) is 0.133. The molecule has 0 fully saturated rings. The average molecular weight is 270 g/mol. The first-order valence-electron chi connectivity index (χ1n) is 6.21. The molecule has 0 heterocycles. The number of rotatable bonds is 3. The van der Waals surface area contributed by atoms with Crippen molar-refractivity contribution >= 4 is 28.7 Å². The number of nitrogens with one attached hydrogen (secondary N) is 1. The molecule has 1 amide bonds. The first-order chi connectivity index (χ1) is 9.47. The number of hydrogen-bond donors (Lipinski definition) is 3. The van der Waals surface area contributed by atoms with Crippen molar-refractivity contribution in [2.24, 2.45) is 0 Å². The van der Waals surface area contributed by atoms with Crippen LogP contribution in [-0.4, -0.2) is 20.0 Å². The second kappa shape index (κ2) is 5.52. The first kappa shape index (κ1) is 13.7. The zero-order valence-corrected chi connectivity index (χ0v) is 11.6. The lowest BCUT2D eigenvalue weighted by atomic mass is 10.1. The Morgan fingerprint density at radius 1 is 1.05 bits per heavy atom. The van der Waals surface area contributed by atoms with E-state index in [0.29, 0.717) is 16.9 Å². The number of amides is 1. The van der Waals surface area contributed by atoms with Crippen molar-refractivity contribution in [3.63, 3.8) is 0 Å². The number of nitrogens with zero attached hydrogens (tertiary/aromatic N) is 1. The van der Waals surface area contributed by atoms with Crippen LogP contribution in [-0.2, 0) is 0 Å². The largest absolute Gasteiger partial charge is 0.399 e. The number of carbonyl (C=O) groups excluding carboxylic acids is 1. The highest BCUT2D eigenvalue weighted by Gasteiger charge is 2.10. The number of para-hydroxylation sites is 2. The van der Waals surface area contributed by atoms with Crippen molar-refractivity contribution in [2.75, 3.05) is 35.8 Å². The van der Waals surface area contributed by atoms with Crippen LogP contribution in [0.3, 0.4) is 0 Å². The Bertz CT molecular complexity index is 617. The van der Waals surface area contributed by atoms with E-state index in [1.807, 2.05) is 43.3 Å². The zero-order valence-electron chi connectivity index (χ0n) is 11.6. The van der Waals surface area contributed by atoms with Crippen LogP contribution in [0.4, 0.5) is 22.7 Å². The smallest absolute Gasteiger partial charge is 0.255 e. The standard InChI is InChI=1S/C15H18N4O/c1-19(2)14-6-4-3-5-13(14)18-15(20)10-7-11(16)9-12(17)8-10/h3-9H,16-17H2,1-2H3,(H,18,20). The van der Waals surface area contributed by atoms with E-state index in [4.69, 9.17) is 11.5 Å². The molecule has 5 heteroatoms. The van der Waals surface area contributed by atoms with Crippen LogP contribution in [0.25, 0.3) is 0 Å². The maximum atomic E-state index is 12.3. The van der Waals surface area contributed by atoms with Crippen molar-refractivity contribution in [3.05, 3.63) is 48.0 Å². The number of nitrogen functional groups attached to an aromatic ring is 2. The lowest BCUT2D eigenvalue weighted by Gasteiger charge is -2.17. The third kappa shape index (κ3) is 3.00. The fourth-order valence-corrected chi connectivity index (χ4v) is 1.97. The van der Waals surface area contributed by atoms with Gasteiger partial charge in [-0.3, -0.25) is 4.79 Å². The van der Waals surface area contributed by atoms with Gasteiger partial charge in [0.25, 0.3) is 5.91 Å². The monoisotopic (exact) mass is 270 g/mol. The van der Waals surface area contributed by atoms with E-state index in [-0.39, 0.29) is 5.91 Å². The van der Waals surface area contributed by atoms with Gasteiger partial charge >= 0.3 is 0 Å². The van der Waals surface area contributed by atoms with E-state index in [1.165, 1.54) is 0 Å². The van der Waals surface area contributed by atoms with Gasteiger partial charge in [0.05, 0.1) is 11.4 Å². The lowest BCUT2D eigenvalue weighted by molar-refractivity contribution is 0.102. The fourth-order valence-electron chi connectivity index (χ4n) is 1.97. The summed E-state index contributed by atoms with van der Waals surface area (Å²) in [6.45, 7) is 0. The van der Waals surface area contributed by atoms with E-state index >= 15 is 0 Å². The summed E-state index contributed by atoms with van der Waals surface area (Å²) in [4.78, 5) is 14.2. The van der Waals surface area contributed by atoms with Gasteiger partial charge in [0.2, 0.25) is 0 Å². The molecule has 0 aliphatic carbocycles. The second-order valence-corrected chi connectivity index (χ2v) is 4.75. The van der Waals surface area contributed by atoms with Gasteiger partial charge in [-0.05, 0) is 30.3 Å². The number of nitrogens with two attached hydrogens (primary N) is 2. The van der Waals surface area contributed by atoms with Crippen molar-refractivity contribution in [3.8, 4) is 0 Å². The van der Waals surface area contributed by atoms with Gasteiger partial charge in [-0.15, -0.1) is 0 Å². The van der Waals surface area contributed by atoms with Crippen molar-refractivity contribution in [1.29, 1.82) is 0 Å². The van der Waals surface area contributed by atoms with Gasteiger partial charge in [0, 0.05) is 31.0 Å². The summed E-state index contributed by atoms with van der Waals surface area (Å²) in [5.41, 5.74) is 14.4. The molecule has 104 valence electrons. The minimum absolute atomic E-state index is 0.238. The molecule has 2 aromatic carbocycles. The van der Waals surface area contributed by atoms with Crippen LogP contribution >= 0.6 is 0 Å². The predicted molar refractivity (Wildman–Crippen MR) is 84.0 cm³/mol. The normalized spacial score (nSPS) is 10.1. The zero-order chi connectivity index (χ0) is 14.7. The molecule has 0 bridgehead atoms. The molecule has 5 N–H and O–H groups in total. The highest BCUT2D eigenvalue weighted by Crippen LogP contribution is 2.24. The number of carbonyl (C=O) groups is 1. The first-order valence-corrected chi connectivity index (χ1v) is 6.21. The molecule has 2 rings (SSSR count). The van der Waals surface area contributed by atoms with Crippen LogP contribution in [0, 0.1) is 0 Å². The number of benzene rings is 2. The van der Waals surface area contributed by atoms with E-state index in [2.05, 4.69) is 5.32 Å². The summed E-state index contributed by atoms with van der Waals surface area (Å²) in [7, 11) is 3.84. The van der Waals surface area contributed by atoms with Crippen LogP contribution in [0.5, 0.6) is 0 Å². The van der Waals surface area contributed by atoms with Gasteiger partial charge in [0.15, 0.2) is 0 Å². The molecule has 0 unspecified atom stereocenters. The Morgan fingerprint density at radius 3 is 2.25 bits per heavy atom. The highest BCUT2D eigenvalue weighted by atomic mass is 16.1.